The Morgan fingerprint density at radius 3 is 2.37 bits per heavy atom. The van der Waals surface area contributed by atoms with Crippen molar-refractivity contribution in [2.75, 3.05) is 0 Å². The molecule has 0 spiro atoms. The van der Waals surface area contributed by atoms with E-state index in [1.165, 1.54) is 22.2 Å². The molecule has 7 rings (SSSR count). The summed E-state index contributed by atoms with van der Waals surface area (Å²) < 4.78 is 2.41. The molecule has 4 heteroatoms. The Morgan fingerprint density at radius 1 is 0.763 bits per heavy atom. The molecule has 0 fully saturated rings. The second-order valence-electron chi connectivity index (χ2n) is 10.1. The standard InChI is InChI=1S/C34H28N4/c1-23-18-20-25(21-19-23)33-35-32(24-10-3-2-4-11-24)36-34(37-33)26-12-9-13-27(22-26)38-30-16-7-5-14-28(30)29-15-6-8-17-31(29)38/h2-7,9-16,18,20-23H,8,17,19H2,1H3. The van der Waals surface area contributed by atoms with Crippen molar-refractivity contribution in [2.24, 2.45) is 5.92 Å². The number of rotatable bonds is 4. The lowest BCUT2D eigenvalue weighted by Crippen LogP contribution is -2.05. The molecule has 2 aliphatic carbocycles. The fourth-order valence-electron chi connectivity index (χ4n) is 5.49. The highest BCUT2D eigenvalue weighted by Gasteiger charge is 2.19. The molecule has 0 N–H and O–H groups in total. The van der Waals surface area contributed by atoms with Crippen molar-refractivity contribution in [1.82, 2.24) is 19.5 Å². The second kappa shape index (κ2) is 9.38. The van der Waals surface area contributed by atoms with E-state index in [0.717, 1.165) is 47.5 Å². The molecule has 4 nitrogen and oxygen atoms in total. The summed E-state index contributed by atoms with van der Waals surface area (Å²) in [5.41, 5.74) is 8.07. The van der Waals surface area contributed by atoms with Gasteiger partial charge in [0.05, 0.1) is 5.52 Å². The van der Waals surface area contributed by atoms with Crippen LogP contribution in [0.15, 0.2) is 103 Å². The van der Waals surface area contributed by atoms with Gasteiger partial charge in [0.15, 0.2) is 17.5 Å². The van der Waals surface area contributed by atoms with Crippen molar-refractivity contribution in [3.05, 3.63) is 120 Å². The van der Waals surface area contributed by atoms with E-state index in [9.17, 15) is 0 Å². The van der Waals surface area contributed by atoms with Crippen LogP contribution in [0.2, 0.25) is 0 Å². The van der Waals surface area contributed by atoms with Crippen LogP contribution in [0.4, 0.5) is 0 Å². The number of hydrogen-bond acceptors (Lipinski definition) is 3. The Balaban J connectivity index is 1.39. The van der Waals surface area contributed by atoms with E-state index >= 15 is 0 Å². The summed E-state index contributed by atoms with van der Waals surface area (Å²) in [6, 6.07) is 27.5. The summed E-state index contributed by atoms with van der Waals surface area (Å²) >= 11 is 0. The fourth-order valence-corrected chi connectivity index (χ4v) is 5.49. The van der Waals surface area contributed by atoms with Crippen LogP contribution >= 0.6 is 0 Å². The van der Waals surface area contributed by atoms with E-state index < -0.39 is 0 Å². The summed E-state index contributed by atoms with van der Waals surface area (Å²) in [5.74, 6) is 2.63. The molecule has 2 aromatic heterocycles. The second-order valence-corrected chi connectivity index (χ2v) is 10.1. The molecule has 0 saturated carbocycles. The van der Waals surface area contributed by atoms with Gasteiger partial charge in [0.2, 0.25) is 0 Å². The number of aromatic nitrogens is 4. The minimum Gasteiger partial charge on any atom is -0.313 e. The zero-order valence-electron chi connectivity index (χ0n) is 21.4. The number of hydrogen-bond donors (Lipinski definition) is 0. The van der Waals surface area contributed by atoms with Gasteiger partial charge in [0, 0.05) is 39.0 Å². The summed E-state index contributed by atoms with van der Waals surface area (Å²) in [6.07, 6.45) is 14.2. The molecule has 2 aliphatic rings. The highest BCUT2D eigenvalue weighted by Crippen LogP contribution is 2.35. The van der Waals surface area contributed by atoms with Gasteiger partial charge in [0.1, 0.15) is 0 Å². The normalized spacial score (nSPS) is 16.4. The Kier molecular flexibility index (Phi) is 5.58. The van der Waals surface area contributed by atoms with Gasteiger partial charge in [0.25, 0.3) is 0 Å². The average Bonchev–Trinajstić information content (AvgIpc) is 3.32. The number of fused-ring (bicyclic) bond motifs is 3. The molecule has 5 aromatic rings. The molecule has 2 heterocycles. The molecule has 1 atom stereocenters. The van der Waals surface area contributed by atoms with Gasteiger partial charge in [-0.05, 0) is 43.4 Å². The van der Waals surface area contributed by atoms with E-state index in [2.05, 4.69) is 103 Å². The van der Waals surface area contributed by atoms with E-state index in [-0.39, 0.29) is 0 Å². The number of allylic oxidation sites excluding steroid dienone is 5. The SMILES string of the molecule is CC1C=CC(c2nc(-c3ccccc3)nc(-c3cccc(-n4c5c(c6ccccc64)C=CCC5)c3)n2)=CC1. The third kappa shape index (κ3) is 3.99. The Labute approximate surface area is 222 Å². The lowest BCUT2D eigenvalue weighted by atomic mass is 9.98. The maximum Gasteiger partial charge on any atom is 0.164 e. The van der Waals surface area contributed by atoms with Crippen LogP contribution in [0, 0.1) is 5.92 Å². The molecular formula is C34H28N4. The Bertz CT molecular complexity index is 1750. The van der Waals surface area contributed by atoms with Crippen LogP contribution < -0.4 is 0 Å². The molecule has 38 heavy (non-hydrogen) atoms. The molecular weight excluding hydrogens is 464 g/mol. The summed E-state index contributed by atoms with van der Waals surface area (Å²) in [4.78, 5) is 14.8. The Hall–Kier alpha value is -4.57. The van der Waals surface area contributed by atoms with Gasteiger partial charge in [-0.2, -0.15) is 0 Å². The predicted molar refractivity (Wildman–Crippen MR) is 156 cm³/mol. The summed E-state index contributed by atoms with van der Waals surface area (Å²) in [5, 5.41) is 1.29. The summed E-state index contributed by atoms with van der Waals surface area (Å²) in [6.45, 7) is 2.23. The molecule has 3 aromatic carbocycles. The largest absolute Gasteiger partial charge is 0.313 e. The van der Waals surface area contributed by atoms with E-state index in [0.29, 0.717) is 17.6 Å². The Morgan fingerprint density at radius 2 is 1.53 bits per heavy atom. The molecule has 0 bridgehead atoms. The van der Waals surface area contributed by atoms with Crippen LogP contribution in [-0.4, -0.2) is 19.5 Å². The van der Waals surface area contributed by atoms with Gasteiger partial charge in [-0.3, -0.25) is 0 Å². The highest BCUT2D eigenvalue weighted by atomic mass is 15.0. The van der Waals surface area contributed by atoms with Crippen molar-refractivity contribution in [3.8, 4) is 28.5 Å². The van der Waals surface area contributed by atoms with Crippen LogP contribution in [0.3, 0.4) is 0 Å². The van der Waals surface area contributed by atoms with Gasteiger partial charge < -0.3 is 4.57 Å². The summed E-state index contributed by atoms with van der Waals surface area (Å²) in [7, 11) is 0. The van der Waals surface area contributed by atoms with E-state index in [1.807, 2.05) is 18.2 Å². The minimum absolute atomic E-state index is 0.530. The van der Waals surface area contributed by atoms with Gasteiger partial charge >= 0.3 is 0 Å². The maximum atomic E-state index is 4.99. The van der Waals surface area contributed by atoms with Crippen molar-refractivity contribution in [2.45, 2.75) is 26.2 Å². The molecule has 184 valence electrons. The van der Waals surface area contributed by atoms with Crippen LogP contribution in [0.5, 0.6) is 0 Å². The first-order chi connectivity index (χ1) is 18.7. The van der Waals surface area contributed by atoms with Crippen LogP contribution in [0.1, 0.15) is 36.8 Å². The number of benzene rings is 3. The third-order valence-electron chi connectivity index (χ3n) is 7.45. The zero-order valence-corrected chi connectivity index (χ0v) is 21.4. The molecule has 0 saturated heterocycles. The van der Waals surface area contributed by atoms with Crippen molar-refractivity contribution in [3.63, 3.8) is 0 Å². The minimum atomic E-state index is 0.530. The average molecular weight is 493 g/mol. The topological polar surface area (TPSA) is 43.6 Å². The lowest BCUT2D eigenvalue weighted by Gasteiger charge is -2.15. The molecule has 1 unspecified atom stereocenters. The molecule has 0 radical (unpaired) electrons. The highest BCUT2D eigenvalue weighted by molar-refractivity contribution is 5.93. The van der Waals surface area contributed by atoms with Crippen LogP contribution in [-0.2, 0) is 6.42 Å². The quantitative estimate of drug-likeness (QED) is 0.255. The van der Waals surface area contributed by atoms with Gasteiger partial charge in [-0.15, -0.1) is 0 Å². The first kappa shape index (κ1) is 22.6. The maximum absolute atomic E-state index is 4.99. The molecule has 0 amide bonds. The van der Waals surface area contributed by atoms with E-state index in [1.54, 1.807) is 0 Å². The first-order valence-electron chi connectivity index (χ1n) is 13.3. The van der Waals surface area contributed by atoms with Gasteiger partial charge in [-0.1, -0.05) is 98.0 Å². The van der Waals surface area contributed by atoms with Gasteiger partial charge in [-0.25, -0.2) is 15.0 Å². The monoisotopic (exact) mass is 492 g/mol. The van der Waals surface area contributed by atoms with Crippen molar-refractivity contribution < 1.29 is 0 Å². The van der Waals surface area contributed by atoms with Crippen molar-refractivity contribution in [1.29, 1.82) is 0 Å². The zero-order chi connectivity index (χ0) is 25.5. The number of para-hydroxylation sites is 1. The first-order valence-corrected chi connectivity index (χ1v) is 13.3. The molecule has 0 aliphatic heterocycles. The van der Waals surface area contributed by atoms with E-state index in [4.69, 9.17) is 15.0 Å². The van der Waals surface area contributed by atoms with Crippen molar-refractivity contribution >= 4 is 22.6 Å². The third-order valence-corrected chi connectivity index (χ3v) is 7.45. The fraction of sp³-hybridized carbons (Fsp3) is 0.147. The number of nitrogens with zero attached hydrogens (tertiary/aromatic N) is 4. The van der Waals surface area contributed by atoms with Crippen LogP contribution in [0.25, 0.3) is 51.0 Å². The predicted octanol–water partition coefficient (Wildman–Crippen LogP) is 8.09. The lowest BCUT2D eigenvalue weighted by molar-refractivity contribution is 0.738. The smallest absolute Gasteiger partial charge is 0.164 e.